The van der Waals surface area contributed by atoms with E-state index in [2.05, 4.69) is 10.1 Å². The molecule has 0 unspecified atom stereocenters. The summed E-state index contributed by atoms with van der Waals surface area (Å²) in [6, 6.07) is 15.8. The average Bonchev–Trinajstić information content (AvgIpc) is 3.38. The highest BCUT2D eigenvalue weighted by molar-refractivity contribution is 7.93. The first-order valence-corrected chi connectivity index (χ1v) is 11.3. The van der Waals surface area contributed by atoms with Gasteiger partial charge in [-0.2, -0.15) is 4.98 Å². The van der Waals surface area contributed by atoms with Crippen molar-refractivity contribution in [1.82, 2.24) is 10.1 Å². The van der Waals surface area contributed by atoms with Gasteiger partial charge in [-0.25, -0.2) is 8.42 Å². The maximum absolute atomic E-state index is 13.2. The number of aryl methyl sites for hydroxylation is 1. The summed E-state index contributed by atoms with van der Waals surface area (Å²) in [5.41, 5.74) is 2.35. The first-order valence-electron chi connectivity index (χ1n) is 8.59. The third-order valence-electron chi connectivity index (χ3n) is 4.39. The van der Waals surface area contributed by atoms with Crippen molar-refractivity contribution in [3.63, 3.8) is 0 Å². The SMILES string of the molecule is Cc1ccc(N(C)S(=O)(=O)c2ccsc2-c2nc(-c3ccc(Cl)cc3)no2)cc1. The molecule has 2 aromatic heterocycles. The van der Waals surface area contributed by atoms with E-state index in [1.165, 1.54) is 22.7 Å². The highest BCUT2D eigenvalue weighted by Crippen LogP contribution is 2.35. The molecule has 0 aliphatic rings. The minimum Gasteiger partial charge on any atom is -0.333 e. The number of hydrogen-bond donors (Lipinski definition) is 0. The van der Waals surface area contributed by atoms with E-state index in [4.69, 9.17) is 16.1 Å². The quantitative estimate of drug-likeness (QED) is 0.419. The van der Waals surface area contributed by atoms with Crippen LogP contribution in [0.15, 0.2) is 69.4 Å². The summed E-state index contributed by atoms with van der Waals surface area (Å²) in [7, 11) is -2.28. The van der Waals surface area contributed by atoms with E-state index in [9.17, 15) is 8.42 Å². The second kappa shape index (κ2) is 7.62. The molecule has 0 amide bonds. The summed E-state index contributed by atoms with van der Waals surface area (Å²) >= 11 is 7.14. The molecular formula is C20H16ClN3O3S2. The van der Waals surface area contributed by atoms with Gasteiger partial charge in [0.05, 0.1) is 5.69 Å². The largest absolute Gasteiger partial charge is 0.333 e. The van der Waals surface area contributed by atoms with Crippen LogP contribution in [0.3, 0.4) is 0 Å². The summed E-state index contributed by atoms with van der Waals surface area (Å²) in [5, 5.41) is 6.27. The molecule has 2 aromatic carbocycles. The number of nitrogens with zero attached hydrogens (tertiary/aromatic N) is 3. The lowest BCUT2D eigenvalue weighted by Crippen LogP contribution is -2.26. The van der Waals surface area contributed by atoms with Crippen LogP contribution in [0.5, 0.6) is 0 Å². The summed E-state index contributed by atoms with van der Waals surface area (Å²) < 4.78 is 33.0. The van der Waals surface area contributed by atoms with Gasteiger partial charge in [-0.3, -0.25) is 4.31 Å². The van der Waals surface area contributed by atoms with Gasteiger partial charge >= 0.3 is 0 Å². The molecule has 2 heterocycles. The predicted molar refractivity (Wildman–Crippen MR) is 115 cm³/mol. The zero-order valence-electron chi connectivity index (χ0n) is 15.5. The van der Waals surface area contributed by atoms with E-state index in [0.717, 1.165) is 11.1 Å². The first-order chi connectivity index (χ1) is 13.9. The Morgan fingerprint density at radius 3 is 2.41 bits per heavy atom. The third-order valence-corrected chi connectivity index (χ3v) is 7.50. The van der Waals surface area contributed by atoms with Crippen molar-refractivity contribution in [2.75, 3.05) is 11.4 Å². The highest BCUT2D eigenvalue weighted by atomic mass is 35.5. The summed E-state index contributed by atoms with van der Waals surface area (Å²) in [5.74, 6) is 0.515. The van der Waals surface area contributed by atoms with E-state index in [1.54, 1.807) is 47.8 Å². The van der Waals surface area contributed by atoms with Gasteiger partial charge in [-0.1, -0.05) is 34.5 Å². The van der Waals surface area contributed by atoms with Gasteiger partial charge in [0.25, 0.3) is 15.9 Å². The Kier molecular flexibility index (Phi) is 5.16. The fraction of sp³-hybridized carbons (Fsp3) is 0.100. The molecule has 4 rings (SSSR count). The Morgan fingerprint density at radius 2 is 1.72 bits per heavy atom. The molecule has 0 saturated heterocycles. The second-order valence-electron chi connectivity index (χ2n) is 6.35. The molecule has 0 atom stereocenters. The molecule has 9 heteroatoms. The van der Waals surface area contributed by atoms with Crippen LogP contribution in [0, 0.1) is 6.92 Å². The van der Waals surface area contributed by atoms with Crippen LogP contribution in [0.1, 0.15) is 5.56 Å². The van der Waals surface area contributed by atoms with Crippen LogP contribution in [0.4, 0.5) is 5.69 Å². The minimum absolute atomic E-state index is 0.122. The summed E-state index contributed by atoms with van der Waals surface area (Å²) in [6.07, 6.45) is 0. The lowest BCUT2D eigenvalue weighted by Gasteiger charge is -2.19. The Balaban J connectivity index is 1.70. The Morgan fingerprint density at radius 1 is 1.03 bits per heavy atom. The van der Waals surface area contributed by atoms with Crippen LogP contribution in [0.25, 0.3) is 22.2 Å². The number of thiophene rings is 1. The van der Waals surface area contributed by atoms with Gasteiger partial charge in [0.15, 0.2) is 0 Å². The monoisotopic (exact) mass is 445 g/mol. The Labute approximate surface area is 177 Å². The molecule has 148 valence electrons. The Hall–Kier alpha value is -2.68. The molecule has 0 aliphatic heterocycles. The lowest BCUT2D eigenvalue weighted by molar-refractivity contribution is 0.432. The number of halogens is 1. The van der Waals surface area contributed by atoms with Gasteiger partial charge < -0.3 is 4.52 Å². The van der Waals surface area contributed by atoms with E-state index >= 15 is 0 Å². The molecular weight excluding hydrogens is 430 g/mol. The van der Waals surface area contributed by atoms with Gasteiger partial charge in [-0.15, -0.1) is 11.3 Å². The molecule has 4 aromatic rings. The van der Waals surface area contributed by atoms with Gasteiger partial charge in [-0.05, 0) is 54.8 Å². The molecule has 0 aliphatic carbocycles. The van der Waals surface area contributed by atoms with E-state index in [-0.39, 0.29) is 10.8 Å². The van der Waals surface area contributed by atoms with Crippen LogP contribution in [-0.2, 0) is 10.0 Å². The lowest BCUT2D eigenvalue weighted by atomic mass is 10.2. The van der Waals surface area contributed by atoms with Crippen molar-refractivity contribution in [2.45, 2.75) is 11.8 Å². The molecule has 0 bridgehead atoms. The average molecular weight is 446 g/mol. The molecule has 6 nitrogen and oxygen atoms in total. The first kappa shape index (κ1) is 19.6. The third kappa shape index (κ3) is 3.78. The van der Waals surface area contributed by atoms with Gasteiger partial charge in [0.1, 0.15) is 9.77 Å². The molecule has 0 radical (unpaired) electrons. The standard InChI is InChI=1S/C20H16ClN3O3S2/c1-13-3-9-16(10-4-13)24(2)29(25,26)17-11-12-28-18(17)20-22-19(23-27-20)14-5-7-15(21)8-6-14/h3-12H,1-2H3. The van der Waals surface area contributed by atoms with Gasteiger partial charge in [0.2, 0.25) is 5.82 Å². The van der Waals surface area contributed by atoms with E-state index < -0.39 is 10.0 Å². The molecule has 0 saturated carbocycles. The highest BCUT2D eigenvalue weighted by Gasteiger charge is 2.28. The zero-order chi connectivity index (χ0) is 20.6. The van der Waals surface area contributed by atoms with Crippen molar-refractivity contribution in [3.05, 3.63) is 70.6 Å². The molecule has 0 spiro atoms. The number of hydrogen-bond acceptors (Lipinski definition) is 6. The van der Waals surface area contributed by atoms with Crippen molar-refractivity contribution in [3.8, 4) is 22.2 Å². The van der Waals surface area contributed by atoms with Crippen LogP contribution in [0.2, 0.25) is 5.02 Å². The van der Waals surface area contributed by atoms with Crippen molar-refractivity contribution in [2.24, 2.45) is 0 Å². The van der Waals surface area contributed by atoms with Crippen LogP contribution in [-0.4, -0.2) is 25.6 Å². The number of anilines is 1. The van der Waals surface area contributed by atoms with E-state index in [1.807, 2.05) is 19.1 Å². The fourth-order valence-corrected chi connectivity index (χ4v) is 5.37. The maximum atomic E-state index is 13.2. The van der Waals surface area contributed by atoms with E-state index in [0.29, 0.717) is 21.4 Å². The predicted octanol–water partition coefficient (Wildman–Crippen LogP) is 5.25. The fourth-order valence-electron chi connectivity index (χ4n) is 2.73. The number of rotatable bonds is 5. The molecule has 0 N–H and O–H groups in total. The molecule has 29 heavy (non-hydrogen) atoms. The second-order valence-corrected chi connectivity index (χ2v) is 9.64. The minimum atomic E-state index is -3.80. The molecule has 0 fully saturated rings. The number of sulfonamides is 1. The summed E-state index contributed by atoms with van der Waals surface area (Å²) in [4.78, 5) is 4.90. The van der Waals surface area contributed by atoms with Crippen LogP contribution < -0.4 is 4.31 Å². The van der Waals surface area contributed by atoms with Gasteiger partial charge in [0, 0.05) is 17.6 Å². The normalized spacial score (nSPS) is 11.6. The van der Waals surface area contributed by atoms with Crippen molar-refractivity contribution < 1.29 is 12.9 Å². The smallest absolute Gasteiger partial charge is 0.269 e. The zero-order valence-corrected chi connectivity index (χ0v) is 17.9. The van der Waals surface area contributed by atoms with Crippen LogP contribution >= 0.6 is 22.9 Å². The van der Waals surface area contributed by atoms with Crippen molar-refractivity contribution in [1.29, 1.82) is 0 Å². The topological polar surface area (TPSA) is 76.3 Å². The van der Waals surface area contributed by atoms with Crippen molar-refractivity contribution >= 4 is 38.6 Å². The Bertz CT molecular complexity index is 1250. The number of aromatic nitrogens is 2. The maximum Gasteiger partial charge on any atom is 0.269 e. The number of benzene rings is 2. The summed E-state index contributed by atoms with van der Waals surface area (Å²) in [6.45, 7) is 1.95.